The first kappa shape index (κ1) is 26.2. The fourth-order valence-corrected chi connectivity index (χ4v) is 6.21. The van der Waals surface area contributed by atoms with Crippen molar-refractivity contribution in [2.24, 2.45) is 4.99 Å². The highest BCUT2D eigenvalue weighted by molar-refractivity contribution is 9.11. The number of ether oxygens (including phenoxy) is 2. The molecule has 1 aliphatic heterocycles. The highest BCUT2D eigenvalue weighted by Crippen LogP contribution is 2.34. The second kappa shape index (κ2) is 10.6. The Morgan fingerprint density at radius 3 is 2.56 bits per heavy atom. The number of allylic oxidation sites excluding steroid dienone is 1. The van der Waals surface area contributed by atoms with E-state index in [0.29, 0.717) is 35.1 Å². The van der Waals surface area contributed by atoms with Gasteiger partial charge < -0.3 is 9.47 Å². The second-order valence-corrected chi connectivity index (χ2v) is 10.5. The molecule has 2 aromatic carbocycles. The van der Waals surface area contributed by atoms with Crippen molar-refractivity contribution in [1.82, 2.24) is 4.57 Å². The molecule has 3 aromatic rings. The molecule has 0 unspecified atom stereocenters. The van der Waals surface area contributed by atoms with Crippen molar-refractivity contribution in [1.29, 1.82) is 0 Å². The molecular formula is C25H19Br2FN2O5S. The number of carbonyl (C=O) groups is 2. The van der Waals surface area contributed by atoms with Gasteiger partial charge in [-0.3, -0.25) is 14.2 Å². The number of thiazole rings is 1. The van der Waals surface area contributed by atoms with Gasteiger partial charge in [0, 0.05) is 17.0 Å². The topological polar surface area (TPSA) is 87.0 Å². The number of esters is 2. The molecule has 36 heavy (non-hydrogen) atoms. The maximum absolute atomic E-state index is 13.7. The molecule has 0 radical (unpaired) electrons. The van der Waals surface area contributed by atoms with Gasteiger partial charge in [0.2, 0.25) is 0 Å². The van der Waals surface area contributed by atoms with E-state index in [1.54, 1.807) is 32.1 Å². The van der Waals surface area contributed by atoms with Crippen LogP contribution >= 0.6 is 43.2 Å². The van der Waals surface area contributed by atoms with E-state index in [9.17, 15) is 18.8 Å². The summed E-state index contributed by atoms with van der Waals surface area (Å²) in [5.41, 5.74) is 1.21. The average Bonchev–Trinajstić information content (AvgIpc) is 3.10. The highest BCUT2D eigenvalue weighted by Gasteiger charge is 2.33. The monoisotopic (exact) mass is 636 g/mol. The molecule has 0 spiro atoms. The van der Waals surface area contributed by atoms with E-state index in [1.807, 2.05) is 0 Å². The number of rotatable bonds is 5. The molecule has 0 saturated heterocycles. The molecule has 0 aliphatic carbocycles. The fourth-order valence-electron chi connectivity index (χ4n) is 3.83. The predicted octanol–water partition coefficient (Wildman–Crippen LogP) is 4.39. The lowest BCUT2D eigenvalue weighted by molar-refractivity contribution is -0.139. The summed E-state index contributed by atoms with van der Waals surface area (Å²) in [6.45, 7) is 4.79. The zero-order chi connectivity index (χ0) is 26.1. The molecule has 2 heterocycles. The van der Waals surface area contributed by atoms with Gasteiger partial charge in [0.25, 0.3) is 5.56 Å². The molecule has 186 valence electrons. The van der Waals surface area contributed by atoms with Gasteiger partial charge in [-0.15, -0.1) is 0 Å². The van der Waals surface area contributed by atoms with Crippen molar-refractivity contribution in [3.05, 3.63) is 93.2 Å². The summed E-state index contributed by atoms with van der Waals surface area (Å²) in [5, 5.41) is 0. The Morgan fingerprint density at radius 1 is 1.22 bits per heavy atom. The van der Waals surface area contributed by atoms with E-state index >= 15 is 0 Å². The summed E-state index contributed by atoms with van der Waals surface area (Å²) >= 11 is 7.94. The zero-order valence-electron chi connectivity index (χ0n) is 19.3. The second-order valence-electron chi connectivity index (χ2n) is 7.75. The number of benzene rings is 2. The Hall–Kier alpha value is -2.89. The van der Waals surface area contributed by atoms with Crippen LogP contribution in [0.4, 0.5) is 4.39 Å². The van der Waals surface area contributed by atoms with Crippen LogP contribution in [0.25, 0.3) is 6.08 Å². The Labute approximate surface area is 225 Å². The first-order valence-corrected chi connectivity index (χ1v) is 13.1. The van der Waals surface area contributed by atoms with E-state index < -0.39 is 29.4 Å². The van der Waals surface area contributed by atoms with E-state index in [0.717, 1.165) is 11.3 Å². The lowest BCUT2D eigenvalue weighted by Gasteiger charge is -2.24. The van der Waals surface area contributed by atoms with Crippen molar-refractivity contribution in [2.45, 2.75) is 26.8 Å². The maximum atomic E-state index is 13.7. The van der Waals surface area contributed by atoms with Crippen LogP contribution in [0.1, 0.15) is 37.9 Å². The smallest absolute Gasteiger partial charge is 0.338 e. The summed E-state index contributed by atoms with van der Waals surface area (Å²) in [6, 6.07) is 8.18. The van der Waals surface area contributed by atoms with E-state index in [1.165, 1.54) is 35.8 Å². The Kier molecular flexibility index (Phi) is 7.72. The lowest BCUT2D eigenvalue weighted by atomic mass is 9.96. The SMILES string of the molecule is CCOC(=O)C1=C(C)N=c2s/c(=C\c3cc(Br)cc(Br)c3OC(C)=O)c(=O)n2[C@@H]1c1ccc(F)cc1. The molecule has 7 nitrogen and oxygen atoms in total. The van der Waals surface area contributed by atoms with Gasteiger partial charge in [-0.1, -0.05) is 39.4 Å². The summed E-state index contributed by atoms with van der Waals surface area (Å²) in [4.78, 5) is 43.2. The molecule has 1 atom stereocenters. The van der Waals surface area contributed by atoms with Gasteiger partial charge in [0.15, 0.2) is 10.6 Å². The third-order valence-corrected chi connectivity index (χ3v) is 7.30. The van der Waals surface area contributed by atoms with Crippen LogP contribution in [0.5, 0.6) is 5.75 Å². The first-order chi connectivity index (χ1) is 17.1. The van der Waals surface area contributed by atoms with Crippen LogP contribution in [0.3, 0.4) is 0 Å². The summed E-state index contributed by atoms with van der Waals surface area (Å²) in [7, 11) is 0. The number of fused-ring (bicyclic) bond motifs is 1. The first-order valence-electron chi connectivity index (χ1n) is 10.7. The Morgan fingerprint density at radius 2 is 1.92 bits per heavy atom. The summed E-state index contributed by atoms with van der Waals surface area (Å²) in [6.07, 6.45) is 1.60. The number of hydrogen-bond acceptors (Lipinski definition) is 7. The quantitative estimate of drug-likeness (QED) is 0.306. The minimum absolute atomic E-state index is 0.146. The minimum atomic E-state index is -0.856. The summed E-state index contributed by atoms with van der Waals surface area (Å²) in [5.74, 6) is -1.30. The molecule has 0 saturated carbocycles. The summed E-state index contributed by atoms with van der Waals surface area (Å²) < 4.78 is 27.2. The van der Waals surface area contributed by atoms with Gasteiger partial charge in [-0.25, -0.2) is 14.2 Å². The van der Waals surface area contributed by atoms with E-state index in [4.69, 9.17) is 9.47 Å². The molecule has 0 amide bonds. The largest absolute Gasteiger partial charge is 0.463 e. The average molecular weight is 638 g/mol. The third kappa shape index (κ3) is 5.14. The zero-order valence-corrected chi connectivity index (χ0v) is 23.3. The Balaban J connectivity index is 1.98. The molecular weight excluding hydrogens is 619 g/mol. The van der Waals surface area contributed by atoms with Crippen molar-refractivity contribution >= 4 is 61.2 Å². The predicted molar refractivity (Wildman–Crippen MR) is 140 cm³/mol. The van der Waals surface area contributed by atoms with Crippen LogP contribution in [-0.2, 0) is 14.3 Å². The van der Waals surface area contributed by atoms with Crippen LogP contribution in [0.15, 0.2) is 66.4 Å². The van der Waals surface area contributed by atoms with E-state index in [-0.39, 0.29) is 17.9 Å². The highest BCUT2D eigenvalue weighted by atomic mass is 79.9. The molecule has 0 bridgehead atoms. The van der Waals surface area contributed by atoms with Crippen LogP contribution in [0.2, 0.25) is 0 Å². The molecule has 4 rings (SSSR count). The molecule has 11 heteroatoms. The maximum Gasteiger partial charge on any atom is 0.338 e. The number of halogens is 3. The number of carbonyl (C=O) groups excluding carboxylic acids is 2. The van der Waals surface area contributed by atoms with Crippen molar-refractivity contribution in [2.75, 3.05) is 6.61 Å². The normalized spacial score (nSPS) is 15.4. The van der Waals surface area contributed by atoms with Gasteiger partial charge in [-0.2, -0.15) is 0 Å². The van der Waals surface area contributed by atoms with Gasteiger partial charge >= 0.3 is 11.9 Å². The molecule has 0 fully saturated rings. The van der Waals surface area contributed by atoms with Gasteiger partial charge in [0.1, 0.15) is 5.82 Å². The minimum Gasteiger partial charge on any atom is -0.463 e. The number of hydrogen-bond donors (Lipinski definition) is 0. The van der Waals surface area contributed by atoms with Crippen molar-refractivity contribution in [3.8, 4) is 5.75 Å². The Bertz CT molecular complexity index is 1590. The van der Waals surface area contributed by atoms with E-state index in [2.05, 4.69) is 36.9 Å². The number of nitrogens with zero attached hydrogens (tertiary/aromatic N) is 2. The van der Waals surface area contributed by atoms with Crippen LogP contribution in [-0.4, -0.2) is 23.1 Å². The fraction of sp³-hybridized carbons (Fsp3) is 0.200. The van der Waals surface area contributed by atoms with Crippen LogP contribution in [0, 0.1) is 5.82 Å². The lowest BCUT2D eigenvalue weighted by Crippen LogP contribution is -2.39. The van der Waals surface area contributed by atoms with Gasteiger partial charge in [-0.05, 0) is 65.7 Å². The van der Waals surface area contributed by atoms with Crippen molar-refractivity contribution in [3.63, 3.8) is 0 Å². The third-order valence-electron chi connectivity index (χ3n) is 5.27. The molecule has 0 N–H and O–H groups in total. The van der Waals surface area contributed by atoms with Gasteiger partial charge in [0.05, 0.1) is 32.9 Å². The van der Waals surface area contributed by atoms with Crippen molar-refractivity contribution < 1.29 is 23.5 Å². The van der Waals surface area contributed by atoms with Crippen LogP contribution < -0.4 is 19.6 Å². The molecule has 1 aromatic heterocycles. The standard InChI is InChI=1S/C25H19Br2FN2O5S/c1-4-34-24(33)20-12(2)29-25-30(21(20)14-5-7-17(28)8-6-14)23(32)19(36-25)10-15-9-16(26)11-18(27)22(15)35-13(3)31/h5-11,21H,4H2,1-3H3/b19-10-/t21-/m1/s1. The molecule has 1 aliphatic rings. The number of aromatic nitrogens is 1.